The summed E-state index contributed by atoms with van der Waals surface area (Å²) in [6, 6.07) is 18.5. The summed E-state index contributed by atoms with van der Waals surface area (Å²) in [7, 11) is -4.10. The number of amides is 1. The van der Waals surface area contributed by atoms with E-state index < -0.39 is 20.0 Å². The van der Waals surface area contributed by atoms with Crippen molar-refractivity contribution in [1.82, 2.24) is 9.62 Å². The van der Waals surface area contributed by atoms with Crippen LogP contribution in [0.25, 0.3) is 0 Å². The molecule has 0 aliphatic heterocycles. The molecule has 0 fully saturated rings. The average molecular weight is 560 g/mol. The second-order valence-electron chi connectivity index (χ2n) is 9.12. The predicted octanol–water partition coefficient (Wildman–Crippen LogP) is 3.33. The van der Waals surface area contributed by atoms with Gasteiger partial charge in [-0.05, 0) is 73.0 Å². The Balaban J connectivity index is 1.56. The summed E-state index contributed by atoms with van der Waals surface area (Å²) in [6.07, 6.45) is 1.18. The quantitative estimate of drug-likeness (QED) is 0.361. The van der Waals surface area contributed by atoms with Crippen LogP contribution >= 0.6 is 0 Å². The Kier molecular flexibility index (Phi) is 9.18. The first kappa shape index (κ1) is 29.2. The van der Waals surface area contributed by atoms with Gasteiger partial charge in [0.05, 0.1) is 29.9 Å². The molecule has 9 nitrogen and oxygen atoms in total. The standard InChI is InChI=1S/C27H33N3O6S2/c1-20-6-7-21(2)26(18-20)30(37(5,32)33)19-22-8-10-23(11-9-22)27(31)28-16-17-36-24-12-14-25(15-13-24)38(34,35)29(3)4/h6-15,18H,16-17,19H2,1-5H3,(H,28,31). The van der Waals surface area contributed by atoms with Crippen molar-refractivity contribution < 1.29 is 26.4 Å². The van der Waals surface area contributed by atoms with E-state index in [1.807, 2.05) is 32.0 Å². The van der Waals surface area contributed by atoms with E-state index >= 15 is 0 Å². The first-order valence-corrected chi connectivity index (χ1v) is 15.2. The van der Waals surface area contributed by atoms with Crippen molar-refractivity contribution in [3.8, 4) is 5.75 Å². The van der Waals surface area contributed by atoms with E-state index in [2.05, 4.69) is 5.32 Å². The summed E-state index contributed by atoms with van der Waals surface area (Å²) in [6.45, 7) is 4.37. The number of anilines is 1. The minimum atomic E-state index is -3.53. The van der Waals surface area contributed by atoms with Gasteiger partial charge in [0.2, 0.25) is 20.0 Å². The van der Waals surface area contributed by atoms with Gasteiger partial charge in [0.15, 0.2) is 0 Å². The fraction of sp³-hybridized carbons (Fsp3) is 0.296. The van der Waals surface area contributed by atoms with Crippen molar-refractivity contribution in [2.24, 2.45) is 0 Å². The van der Waals surface area contributed by atoms with Crippen LogP contribution in [0.4, 0.5) is 5.69 Å². The number of ether oxygens (including phenoxy) is 1. The number of nitrogens with zero attached hydrogens (tertiary/aromatic N) is 2. The van der Waals surface area contributed by atoms with Gasteiger partial charge in [-0.15, -0.1) is 0 Å². The molecule has 0 saturated carbocycles. The molecule has 0 saturated heterocycles. The largest absolute Gasteiger partial charge is 0.492 e. The van der Waals surface area contributed by atoms with Gasteiger partial charge in [0, 0.05) is 19.7 Å². The molecule has 0 unspecified atom stereocenters. The molecule has 0 atom stereocenters. The summed E-state index contributed by atoms with van der Waals surface area (Å²) in [5, 5.41) is 2.77. The van der Waals surface area contributed by atoms with Crippen LogP contribution in [0.3, 0.4) is 0 Å². The molecule has 0 aromatic heterocycles. The van der Waals surface area contributed by atoms with Gasteiger partial charge < -0.3 is 10.1 Å². The van der Waals surface area contributed by atoms with E-state index in [-0.39, 0.29) is 30.5 Å². The van der Waals surface area contributed by atoms with E-state index in [0.29, 0.717) is 17.0 Å². The maximum Gasteiger partial charge on any atom is 0.251 e. The maximum atomic E-state index is 12.5. The fourth-order valence-electron chi connectivity index (χ4n) is 3.65. The highest BCUT2D eigenvalue weighted by atomic mass is 32.2. The molecule has 0 spiro atoms. The highest BCUT2D eigenvalue weighted by Gasteiger charge is 2.20. The molecule has 38 heavy (non-hydrogen) atoms. The first-order chi connectivity index (χ1) is 17.8. The third-order valence-electron chi connectivity index (χ3n) is 5.83. The molecule has 11 heteroatoms. The molecule has 204 valence electrons. The van der Waals surface area contributed by atoms with Gasteiger partial charge in [0.25, 0.3) is 5.91 Å². The molecule has 1 amide bonds. The SMILES string of the molecule is Cc1ccc(C)c(N(Cc2ccc(C(=O)NCCOc3ccc(S(=O)(=O)N(C)C)cc3)cc2)S(C)(=O)=O)c1. The summed E-state index contributed by atoms with van der Waals surface area (Å²) in [5.41, 5.74) is 3.63. The number of benzene rings is 3. The van der Waals surface area contributed by atoms with Crippen molar-refractivity contribution in [2.75, 3.05) is 37.8 Å². The molecule has 3 aromatic rings. The molecule has 0 aliphatic carbocycles. The lowest BCUT2D eigenvalue weighted by molar-refractivity contribution is 0.0947. The average Bonchev–Trinajstić information content (AvgIpc) is 2.86. The highest BCUT2D eigenvalue weighted by molar-refractivity contribution is 7.92. The number of carbonyl (C=O) groups excluding carboxylic acids is 1. The normalized spacial score (nSPS) is 11.8. The van der Waals surface area contributed by atoms with E-state index in [4.69, 9.17) is 4.74 Å². The smallest absolute Gasteiger partial charge is 0.251 e. The molecular weight excluding hydrogens is 526 g/mol. The second-order valence-corrected chi connectivity index (χ2v) is 13.2. The van der Waals surface area contributed by atoms with Crippen LogP contribution in [0, 0.1) is 13.8 Å². The molecule has 1 N–H and O–H groups in total. The fourth-order valence-corrected chi connectivity index (χ4v) is 5.49. The number of aryl methyl sites for hydroxylation is 2. The molecule has 0 heterocycles. The van der Waals surface area contributed by atoms with Crippen LogP contribution in [0.15, 0.2) is 71.6 Å². The number of carbonyl (C=O) groups is 1. The summed E-state index contributed by atoms with van der Waals surface area (Å²) >= 11 is 0. The van der Waals surface area contributed by atoms with Crippen LogP contribution in [0.5, 0.6) is 5.75 Å². The number of hydrogen-bond donors (Lipinski definition) is 1. The van der Waals surface area contributed by atoms with Crippen molar-refractivity contribution in [3.63, 3.8) is 0 Å². The van der Waals surface area contributed by atoms with Crippen LogP contribution in [0.1, 0.15) is 27.0 Å². The Labute approximate surface area is 225 Å². The van der Waals surface area contributed by atoms with Crippen molar-refractivity contribution in [1.29, 1.82) is 0 Å². The molecule has 0 bridgehead atoms. The van der Waals surface area contributed by atoms with E-state index in [1.165, 1.54) is 36.8 Å². The number of hydrogen-bond acceptors (Lipinski definition) is 6. The number of nitrogens with one attached hydrogen (secondary N) is 1. The van der Waals surface area contributed by atoms with Gasteiger partial charge in [-0.25, -0.2) is 21.1 Å². The second kappa shape index (κ2) is 12.0. The maximum absolute atomic E-state index is 12.5. The highest BCUT2D eigenvalue weighted by Crippen LogP contribution is 2.26. The van der Waals surface area contributed by atoms with Gasteiger partial charge in [-0.1, -0.05) is 24.3 Å². The molecule has 0 aliphatic rings. The van der Waals surface area contributed by atoms with Gasteiger partial charge in [-0.2, -0.15) is 0 Å². The third kappa shape index (κ3) is 7.33. The first-order valence-electron chi connectivity index (χ1n) is 11.9. The molecule has 3 rings (SSSR count). The Morgan fingerprint density at radius 1 is 0.895 bits per heavy atom. The van der Waals surface area contributed by atoms with Crippen molar-refractivity contribution in [2.45, 2.75) is 25.3 Å². The Morgan fingerprint density at radius 3 is 2.11 bits per heavy atom. The minimum Gasteiger partial charge on any atom is -0.492 e. The summed E-state index contributed by atoms with van der Waals surface area (Å²) in [5.74, 6) is 0.197. The van der Waals surface area contributed by atoms with Crippen LogP contribution in [-0.2, 0) is 26.6 Å². The lowest BCUT2D eigenvalue weighted by Crippen LogP contribution is -2.30. The van der Waals surface area contributed by atoms with Gasteiger partial charge in [0.1, 0.15) is 12.4 Å². The van der Waals surface area contributed by atoms with E-state index in [1.54, 1.807) is 36.4 Å². The zero-order valence-corrected chi connectivity index (χ0v) is 23.8. The van der Waals surface area contributed by atoms with Crippen molar-refractivity contribution >= 4 is 31.6 Å². The Morgan fingerprint density at radius 2 is 1.53 bits per heavy atom. The lowest BCUT2D eigenvalue weighted by Gasteiger charge is -2.25. The monoisotopic (exact) mass is 559 g/mol. The summed E-state index contributed by atoms with van der Waals surface area (Å²) in [4.78, 5) is 12.7. The lowest BCUT2D eigenvalue weighted by atomic mass is 10.1. The minimum absolute atomic E-state index is 0.146. The van der Waals surface area contributed by atoms with E-state index in [9.17, 15) is 21.6 Å². The number of rotatable bonds is 11. The van der Waals surface area contributed by atoms with Crippen LogP contribution in [-0.4, -0.2) is 60.6 Å². The molecule has 0 radical (unpaired) electrons. The van der Waals surface area contributed by atoms with Gasteiger partial charge in [-0.3, -0.25) is 9.10 Å². The zero-order valence-electron chi connectivity index (χ0n) is 22.1. The van der Waals surface area contributed by atoms with Crippen LogP contribution in [0.2, 0.25) is 0 Å². The summed E-state index contributed by atoms with van der Waals surface area (Å²) < 4.78 is 57.4. The molecule has 3 aromatic carbocycles. The third-order valence-corrected chi connectivity index (χ3v) is 8.79. The van der Waals surface area contributed by atoms with Crippen molar-refractivity contribution in [3.05, 3.63) is 89.0 Å². The van der Waals surface area contributed by atoms with Gasteiger partial charge >= 0.3 is 0 Å². The zero-order chi connectivity index (χ0) is 28.1. The Hall–Kier alpha value is -3.41. The molecular formula is C27H33N3O6S2. The Bertz CT molecular complexity index is 1480. The topological polar surface area (TPSA) is 113 Å². The van der Waals surface area contributed by atoms with Crippen LogP contribution < -0.4 is 14.4 Å². The predicted molar refractivity (Wildman–Crippen MR) is 149 cm³/mol. The van der Waals surface area contributed by atoms with E-state index in [0.717, 1.165) is 21.0 Å². The number of sulfonamides is 2.